The van der Waals surface area contributed by atoms with Crippen LogP contribution in [0.2, 0.25) is 5.02 Å². The van der Waals surface area contributed by atoms with E-state index >= 15 is 0 Å². The zero-order chi connectivity index (χ0) is 26.0. The summed E-state index contributed by atoms with van der Waals surface area (Å²) in [5.41, 5.74) is -2.84. The van der Waals surface area contributed by atoms with E-state index in [1.807, 2.05) is 32.0 Å². The molecule has 192 valence electrons. The van der Waals surface area contributed by atoms with Crippen molar-refractivity contribution in [2.75, 3.05) is 0 Å². The van der Waals surface area contributed by atoms with Gasteiger partial charge in [0, 0.05) is 24.2 Å². The average molecular weight is 521 g/mol. The Kier molecular flexibility index (Phi) is 8.11. The summed E-state index contributed by atoms with van der Waals surface area (Å²) < 4.78 is 78.8. The highest BCUT2D eigenvalue weighted by molar-refractivity contribution is 6.30. The first-order chi connectivity index (χ1) is 16.2. The fraction of sp³-hybridized carbons (Fsp3) is 0.480. The maximum Gasteiger partial charge on any atom is 0.416 e. The summed E-state index contributed by atoms with van der Waals surface area (Å²) in [5, 5.41) is 6.65. The van der Waals surface area contributed by atoms with Crippen LogP contribution in [0, 0.1) is 11.3 Å². The molecule has 0 aromatic heterocycles. The predicted molar refractivity (Wildman–Crippen MR) is 121 cm³/mol. The molecular weight excluding hydrogens is 494 g/mol. The van der Waals surface area contributed by atoms with Crippen LogP contribution < -0.4 is 10.6 Å². The SMILES string of the molecule is CC(C)[C@]1(C(=O)NCc2cc(C(F)(F)F)cc(C(F)(F)F)c2)CC[C@@H](NCc2cccc(Cl)c2)C1. The first kappa shape index (κ1) is 27.3. The highest BCUT2D eigenvalue weighted by atomic mass is 35.5. The Labute approximate surface area is 205 Å². The molecule has 10 heteroatoms. The number of carbonyl (C=O) groups is 1. The number of hydrogen-bond donors (Lipinski definition) is 2. The molecule has 1 fully saturated rings. The van der Waals surface area contributed by atoms with Crippen LogP contribution in [-0.2, 0) is 30.2 Å². The molecule has 2 aromatic carbocycles. The minimum Gasteiger partial charge on any atom is -0.352 e. The van der Waals surface area contributed by atoms with Gasteiger partial charge in [0.15, 0.2) is 0 Å². The summed E-state index contributed by atoms with van der Waals surface area (Å²) in [5.74, 6) is -0.446. The minimum atomic E-state index is -4.94. The fourth-order valence-corrected chi connectivity index (χ4v) is 4.84. The third-order valence-corrected chi connectivity index (χ3v) is 6.93. The lowest BCUT2D eigenvalue weighted by Gasteiger charge is -2.32. The van der Waals surface area contributed by atoms with Gasteiger partial charge in [0.25, 0.3) is 0 Å². The second-order valence-electron chi connectivity index (χ2n) is 9.36. The number of nitrogens with one attached hydrogen (secondary N) is 2. The maximum atomic E-state index is 13.2. The topological polar surface area (TPSA) is 41.1 Å². The van der Waals surface area contributed by atoms with Crippen LogP contribution >= 0.6 is 11.6 Å². The lowest BCUT2D eigenvalue weighted by Crippen LogP contribution is -2.43. The van der Waals surface area contributed by atoms with Crippen LogP contribution in [0.4, 0.5) is 26.3 Å². The van der Waals surface area contributed by atoms with Crippen molar-refractivity contribution in [3.05, 3.63) is 69.7 Å². The van der Waals surface area contributed by atoms with Gasteiger partial charge in [0.2, 0.25) is 5.91 Å². The number of carbonyl (C=O) groups excluding carboxylic acids is 1. The van der Waals surface area contributed by atoms with Crippen LogP contribution in [0.5, 0.6) is 0 Å². The minimum absolute atomic E-state index is 0.0347. The summed E-state index contributed by atoms with van der Waals surface area (Å²) in [7, 11) is 0. The van der Waals surface area contributed by atoms with Crippen molar-refractivity contribution >= 4 is 17.5 Å². The van der Waals surface area contributed by atoms with Gasteiger partial charge in [-0.3, -0.25) is 4.79 Å². The van der Waals surface area contributed by atoms with E-state index in [1.165, 1.54) is 0 Å². The average Bonchev–Trinajstić information content (AvgIpc) is 3.21. The normalized spacial score (nSPS) is 20.9. The number of benzene rings is 2. The molecule has 0 unspecified atom stereocenters. The van der Waals surface area contributed by atoms with Gasteiger partial charge < -0.3 is 10.6 Å². The summed E-state index contributed by atoms with van der Waals surface area (Å²) in [6, 6.07) is 8.79. The van der Waals surface area contributed by atoms with Crippen LogP contribution in [0.1, 0.15) is 55.4 Å². The monoisotopic (exact) mass is 520 g/mol. The van der Waals surface area contributed by atoms with Crippen molar-refractivity contribution in [3.63, 3.8) is 0 Å². The van der Waals surface area contributed by atoms with E-state index in [-0.39, 0.29) is 29.5 Å². The van der Waals surface area contributed by atoms with Crippen LogP contribution in [0.15, 0.2) is 42.5 Å². The van der Waals surface area contributed by atoms with E-state index in [0.717, 1.165) is 5.56 Å². The predicted octanol–water partition coefficient (Wildman–Crippen LogP) is 6.98. The van der Waals surface area contributed by atoms with E-state index in [2.05, 4.69) is 10.6 Å². The molecule has 0 bridgehead atoms. The summed E-state index contributed by atoms with van der Waals surface area (Å²) in [4.78, 5) is 13.2. The maximum absolute atomic E-state index is 13.2. The quantitative estimate of drug-likeness (QED) is 0.387. The van der Waals surface area contributed by atoms with Gasteiger partial charge in [0.1, 0.15) is 0 Å². The summed E-state index contributed by atoms with van der Waals surface area (Å²) in [6.07, 6.45) is -8.10. The highest BCUT2D eigenvalue weighted by Crippen LogP contribution is 2.45. The zero-order valence-electron chi connectivity index (χ0n) is 19.3. The van der Waals surface area contributed by atoms with Gasteiger partial charge in [-0.1, -0.05) is 37.6 Å². The molecule has 1 saturated carbocycles. The smallest absolute Gasteiger partial charge is 0.352 e. The Balaban J connectivity index is 1.70. The second kappa shape index (κ2) is 10.4. The Morgan fingerprint density at radius 3 is 2.17 bits per heavy atom. The van der Waals surface area contributed by atoms with Crippen LogP contribution in [-0.4, -0.2) is 11.9 Å². The Bertz CT molecular complexity index is 1020. The largest absolute Gasteiger partial charge is 0.416 e. The molecule has 0 saturated heterocycles. The van der Waals surface area contributed by atoms with E-state index in [1.54, 1.807) is 6.07 Å². The number of halogens is 7. The van der Waals surface area contributed by atoms with Gasteiger partial charge >= 0.3 is 12.4 Å². The molecule has 35 heavy (non-hydrogen) atoms. The van der Waals surface area contributed by atoms with Crippen LogP contribution in [0.25, 0.3) is 0 Å². The molecule has 1 aliphatic carbocycles. The zero-order valence-corrected chi connectivity index (χ0v) is 20.0. The molecule has 0 aliphatic heterocycles. The van der Waals surface area contributed by atoms with Crippen molar-refractivity contribution < 1.29 is 31.1 Å². The number of rotatable bonds is 7. The first-order valence-electron chi connectivity index (χ1n) is 11.3. The van der Waals surface area contributed by atoms with E-state index < -0.39 is 35.4 Å². The van der Waals surface area contributed by atoms with E-state index in [0.29, 0.717) is 43.0 Å². The molecule has 2 atom stereocenters. The van der Waals surface area contributed by atoms with Gasteiger partial charge in [0.05, 0.1) is 16.5 Å². The Morgan fingerprint density at radius 2 is 1.63 bits per heavy atom. The van der Waals surface area contributed by atoms with Crippen molar-refractivity contribution in [3.8, 4) is 0 Å². The van der Waals surface area contributed by atoms with Gasteiger partial charge in [-0.25, -0.2) is 0 Å². The van der Waals surface area contributed by atoms with Crippen molar-refractivity contribution in [1.82, 2.24) is 10.6 Å². The van der Waals surface area contributed by atoms with E-state index in [4.69, 9.17) is 11.6 Å². The number of amides is 1. The van der Waals surface area contributed by atoms with Crippen molar-refractivity contribution in [2.24, 2.45) is 11.3 Å². The Hall–Kier alpha value is -2.26. The fourth-order valence-electron chi connectivity index (χ4n) is 4.63. The summed E-state index contributed by atoms with van der Waals surface area (Å²) in [6.45, 7) is 3.92. The molecule has 0 radical (unpaired) electrons. The van der Waals surface area contributed by atoms with Gasteiger partial charge in [-0.15, -0.1) is 0 Å². The first-order valence-corrected chi connectivity index (χ1v) is 11.6. The molecule has 2 aromatic rings. The molecule has 3 nitrogen and oxygen atoms in total. The standard InChI is InChI=1S/C25H27ClF6N2O/c1-15(2)23(7-6-21(12-23)33-13-16-4-3-5-20(26)10-16)22(35)34-14-17-8-18(24(27,28)29)11-19(9-17)25(30,31)32/h3-5,8-11,15,21,33H,6-7,12-14H2,1-2H3,(H,34,35)/t21-,23+/m1/s1. The molecule has 0 spiro atoms. The van der Waals surface area contributed by atoms with E-state index in [9.17, 15) is 31.1 Å². The molecule has 2 N–H and O–H groups in total. The Morgan fingerprint density at radius 1 is 1.00 bits per heavy atom. The number of hydrogen-bond acceptors (Lipinski definition) is 2. The summed E-state index contributed by atoms with van der Waals surface area (Å²) >= 11 is 6.02. The lowest BCUT2D eigenvalue weighted by molar-refractivity contribution is -0.143. The second-order valence-corrected chi connectivity index (χ2v) is 9.79. The molecule has 1 aliphatic rings. The van der Waals surface area contributed by atoms with Crippen LogP contribution in [0.3, 0.4) is 0 Å². The molecule has 0 heterocycles. The molecule has 3 rings (SSSR count). The van der Waals surface area contributed by atoms with Gasteiger partial charge in [-0.05, 0) is 66.6 Å². The highest BCUT2D eigenvalue weighted by Gasteiger charge is 2.47. The molecular formula is C25H27ClF6N2O. The number of alkyl halides is 6. The molecule has 1 amide bonds. The van der Waals surface area contributed by atoms with Crippen molar-refractivity contribution in [1.29, 1.82) is 0 Å². The third-order valence-electron chi connectivity index (χ3n) is 6.69. The third kappa shape index (κ3) is 6.70. The van der Waals surface area contributed by atoms with Gasteiger partial charge in [-0.2, -0.15) is 26.3 Å². The lowest BCUT2D eigenvalue weighted by atomic mass is 9.74. The van der Waals surface area contributed by atoms with Crippen molar-refractivity contribution in [2.45, 2.75) is 64.6 Å².